The zero-order valence-electron chi connectivity index (χ0n) is 9.06. The molecule has 1 aliphatic carbocycles. The van der Waals surface area contributed by atoms with E-state index in [1.165, 1.54) is 0 Å². The van der Waals surface area contributed by atoms with E-state index in [-0.39, 0.29) is 5.92 Å². The molecule has 1 heterocycles. The molecule has 1 aliphatic rings. The van der Waals surface area contributed by atoms with Crippen LogP contribution in [0.2, 0.25) is 0 Å². The summed E-state index contributed by atoms with van der Waals surface area (Å²) < 4.78 is 4.74. The standard InChI is InChI=1S/C11H16N2O3/c14-11(15)9-1-3-10(4-2-9)12-5-8-6-13-16-7-8/h6-7,9-10,12H,1-5H2,(H,14,15). The Morgan fingerprint density at radius 2 is 2.25 bits per heavy atom. The van der Waals surface area contributed by atoms with Gasteiger partial charge in [0.1, 0.15) is 6.26 Å². The monoisotopic (exact) mass is 224 g/mol. The maximum atomic E-state index is 10.8. The SMILES string of the molecule is O=C(O)C1CCC(NCc2cnoc2)CC1. The molecule has 0 amide bonds. The number of carboxylic acids is 1. The van der Waals surface area contributed by atoms with Crippen molar-refractivity contribution in [2.75, 3.05) is 0 Å². The molecule has 0 spiro atoms. The minimum absolute atomic E-state index is 0.145. The summed E-state index contributed by atoms with van der Waals surface area (Å²) >= 11 is 0. The maximum absolute atomic E-state index is 10.8. The molecule has 0 unspecified atom stereocenters. The number of carbonyl (C=O) groups is 1. The molecule has 0 saturated heterocycles. The van der Waals surface area contributed by atoms with Gasteiger partial charge in [0.15, 0.2) is 0 Å². The first-order valence-corrected chi connectivity index (χ1v) is 5.60. The second-order valence-electron chi connectivity index (χ2n) is 4.30. The lowest BCUT2D eigenvalue weighted by molar-refractivity contribution is -0.142. The van der Waals surface area contributed by atoms with Crippen LogP contribution >= 0.6 is 0 Å². The van der Waals surface area contributed by atoms with Gasteiger partial charge in [-0.15, -0.1) is 0 Å². The highest BCUT2D eigenvalue weighted by atomic mass is 16.5. The first kappa shape index (κ1) is 11.1. The summed E-state index contributed by atoms with van der Waals surface area (Å²) in [4.78, 5) is 10.8. The van der Waals surface area contributed by atoms with Crippen molar-refractivity contribution in [2.24, 2.45) is 5.92 Å². The van der Waals surface area contributed by atoms with Crippen LogP contribution in [0.3, 0.4) is 0 Å². The van der Waals surface area contributed by atoms with Gasteiger partial charge in [0.05, 0.1) is 12.1 Å². The first-order valence-electron chi connectivity index (χ1n) is 5.60. The molecule has 2 rings (SSSR count). The second-order valence-corrected chi connectivity index (χ2v) is 4.30. The van der Waals surface area contributed by atoms with Gasteiger partial charge in [-0.05, 0) is 25.7 Å². The number of hydrogen-bond donors (Lipinski definition) is 2. The third kappa shape index (κ3) is 2.82. The number of nitrogens with one attached hydrogen (secondary N) is 1. The highest BCUT2D eigenvalue weighted by molar-refractivity contribution is 5.70. The highest BCUT2D eigenvalue weighted by Gasteiger charge is 2.25. The van der Waals surface area contributed by atoms with Crippen LogP contribution in [0.1, 0.15) is 31.2 Å². The van der Waals surface area contributed by atoms with Crippen LogP contribution in [0, 0.1) is 5.92 Å². The van der Waals surface area contributed by atoms with E-state index in [4.69, 9.17) is 9.63 Å². The van der Waals surface area contributed by atoms with E-state index >= 15 is 0 Å². The lowest BCUT2D eigenvalue weighted by atomic mass is 9.86. The third-order valence-electron chi connectivity index (χ3n) is 3.15. The number of aliphatic carboxylic acids is 1. The molecule has 16 heavy (non-hydrogen) atoms. The molecule has 2 N–H and O–H groups in total. The number of nitrogens with zero attached hydrogens (tertiary/aromatic N) is 1. The number of aromatic nitrogens is 1. The van der Waals surface area contributed by atoms with Crippen LogP contribution in [0.25, 0.3) is 0 Å². The predicted molar refractivity (Wildman–Crippen MR) is 56.7 cm³/mol. The molecule has 1 fully saturated rings. The van der Waals surface area contributed by atoms with E-state index < -0.39 is 5.97 Å². The van der Waals surface area contributed by atoms with Gasteiger partial charge < -0.3 is 14.9 Å². The normalized spacial score (nSPS) is 25.5. The van der Waals surface area contributed by atoms with Gasteiger partial charge in [0, 0.05) is 18.2 Å². The maximum Gasteiger partial charge on any atom is 0.306 e. The Morgan fingerprint density at radius 3 is 2.81 bits per heavy atom. The van der Waals surface area contributed by atoms with Crippen molar-refractivity contribution in [3.05, 3.63) is 18.0 Å². The molecule has 0 aliphatic heterocycles. The zero-order valence-corrected chi connectivity index (χ0v) is 9.06. The minimum Gasteiger partial charge on any atom is -0.481 e. The summed E-state index contributed by atoms with van der Waals surface area (Å²) in [6, 6.07) is 0.422. The van der Waals surface area contributed by atoms with Gasteiger partial charge in [0.2, 0.25) is 0 Å². The van der Waals surface area contributed by atoms with Crippen LogP contribution in [0.4, 0.5) is 0 Å². The van der Waals surface area contributed by atoms with Crippen LogP contribution in [0.5, 0.6) is 0 Å². The van der Waals surface area contributed by atoms with Crippen molar-refractivity contribution in [1.82, 2.24) is 10.5 Å². The highest BCUT2D eigenvalue weighted by Crippen LogP contribution is 2.24. The molecule has 0 bridgehead atoms. The fourth-order valence-corrected chi connectivity index (χ4v) is 2.12. The quantitative estimate of drug-likeness (QED) is 0.808. The van der Waals surface area contributed by atoms with E-state index in [2.05, 4.69) is 10.5 Å². The summed E-state index contributed by atoms with van der Waals surface area (Å²) in [5.41, 5.74) is 1.03. The van der Waals surface area contributed by atoms with Crippen molar-refractivity contribution in [3.63, 3.8) is 0 Å². The minimum atomic E-state index is -0.655. The Hall–Kier alpha value is -1.36. The van der Waals surface area contributed by atoms with Crippen molar-refractivity contribution in [1.29, 1.82) is 0 Å². The number of rotatable bonds is 4. The van der Waals surface area contributed by atoms with E-state index in [9.17, 15) is 4.79 Å². The Kier molecular flexibility index (Phi) is 3.56. The van der Waals surface area contributed by atoms with E-state index in [0.29, 0.717) is 6.04 Å². The molecule has 0 radical (unpaired) electrons. The Bertz CT molecular complexity index is 329. The van der Waals surface area contributed by atoms with E-state index in [0.717, 1.165) is 37.8 Å². The van der Waals surface area contributed by atoms with Crippen molar-refractivity contribution >= 4 is 5.97 Å². The lowest BCUT2D eigenvalue weighted by Crippen LogP contribution is -2.34. The fraction of sp³-hybridized carbons (Fsp3) is 0.636. The predicted octanol–water partition coefficient (Wildman–Crippen LogP) is 1.41. The molecule has 0 aromatic carbocycles. The summed E-state index contributed by atoms with van der Waals surface area (Å²) in [7, 11) is 0. The van der Waals surface area contributed by atoms with Crippen LogP contribution in [-0.4, -0.2) is 22.3 Å². The van der Waals surface area contributed by atoms with Gasteiger partial charge in [-0.25, -0.2) is 0 Å². The lowest BCUT2D eigenvalue weighted by Gasteiger charge is -2.26. The molecule has 1 aromatic rings. The van der Waals surface area contributed by atoms with Crippen LogP contribution in [-0.2, 0) is 11.3 Å². The molecule has 1 saturated carbocycles. The molecule has 5 nitrogen and oxygen atoms in total. The van der Waals surface area contributed by atoms with Gasteiger partial charge in [-0.1, -0.05) is 5.16 Å². The molecular formula is C11H16N2O3. The second kappa shape index (κ2) is 5.12. The summed E-state index contributed by atoms with van der Waals surface area (Å²) in [6.07, 6.45) is 6.73. The Labute approximate surface area is 93.8 Å². The topological polar surface area (TPSA) is 75.4 Å². The average Bonchev–Trinajstić information content (AvgIpc) is 2.80. The van der Waals surface area contributed by atoms with Gasteiger partial charge >= 0.3 is 5.97 Å². The smallest absolute Gasteiger partial charge is 0.306 e. The molecule has 88 valence electrons. The molecule has 0 atom stereocenters. The Morgan fingerprint density at radius 1 is 1.50 bits per heavy atom. The number of carboxylic acid groups (broad SMARTS) is 1. The third-order valence-corrected chi connectivity index (χ3v) is 3.15. The largest absolute Gasteiger partial charge is 0.481 e. The molecule has 5 heteroatoms. The number of hydrogen-bond acceptors (Lipinski definition) is 4. The van der Waals surface area contributed by atoms with Gasteiger partial charge in [-0.3, -0.25) is 4.79 Å². The molecule has 1 aromatic heterocycles. The summed E-state index contributed by atoms with van der Waals surface area (Å²) in [5, 5.41) is 15.9. The summed E-state index contributed by atoms with van der Waals surface area (Å²) in [5.74, 6) is -0.800. The Balaban J connectivity index is 1.71. The van der Waals surface area contributed by atoms with Gasteiger partial charge in [0.25, 0.3) is 0 Å². The fourth-order valence-electron chi connectivity index (χ4n) is 2.12. The first-order chi connectivity index (χ1) is 7.75. The average molecular weight is 224 g/mol. The van der Waals surface area contributed by atoms with E-state index in [1.807, 2.05) is 0 Å². The van der Waals surface area contributed by atoms with E-state index in [1.54, 1.807) is 12.5 Å². The zero-order chi connectivity index (χ0) is 11.4. The van der Waals surface area contributed by atoms with Crippen molar-refractivity contribution in [3.8, 4) is 0 Å². The van der Waals surface area contributed by atoms with Crippen molar-refractivity contribution in [2.45, 2.75) is 38.3 Å². The van der Waals surface area contributed by atoms with Gasteiger partial charge in [-0.2, -0.15) is 0 Å². The van der Waals surface area contributed by atoms with Crippen molar-refractivity contribution < 1.29 is 14.4 Å². The summed E-state index contributed by atoms with van der Waals surface area (Å²) in [6.45, 7) is 0.742. The molecular weight excluding hydrogens is 208 g/mol. The van der Waals surface area contributed by atoms with Crippen LogP contribution in [0.15, 0.2) is 17.0 Å². The van der Waals surface area contributed by atoms with Crippen LogP contribution < -0.4 is 5.32 Å².